The van der Waals surface area contributed by atoms with Gasteiger partial charge in [-0.1, -0.05) is 0 Å². The number of carbonyl (C=O) groups excluding carboxylic acids is 2. The average Bonchev–Trinajstić information content (AvgIpc) is 2.36. The first kappa shape index (κ1) is 15.1. The lowest BCUT2D eigenvalue weighted by Crippen LogP contribution is -2.56. The highest BCUT2D eigenvalue weighted by atomic mass is 19.4. The van der Waals surface area contributed by atoms with Gasteiger partial charge in [-0.25, -0.2) is 0 Å². The maximum Gasteiger partial charge on any atom is 0.408 e. The molecule has 0 bridgehead atoms. The quantitative estimate of drug-likeness (QED) is 0.687. The van der Waals surface area contributed by atoms with Gasteiger partial charge < -0.3 is 16.0 Å². The number of amides is 2. The Bertz CT molecular complexity index is 400. The fourth-order valence-electron chi connectivity index (χ4n) is 2.72. The molecule has 2 amide bonds. The predicted octanol–water partition coefficient (Wildman–Crippen LogP) is 0.393. The molecule has 2 fully saturated rings. The monoisotopic (exact) mass is 293 g/mol. The molecule has 0 spiro atoms. The second kappa shape index (κ2) is 5.59. The minimum Gasteiger partial charge on any atom is -0.344 e. The molecule has 2 aliphatic heterocycles. The molecule has 0 aromatic rings. The molecule has 3 atom stereocenters. The van der Waals surface area contributed by atoms with Crippen molar-refractivity contribution >= 4 is 11.8 Å². The highest BCUT2D eigenvalue weighted by Gasteiger charge is 2.46. The zero-order chi connectivity index (χ0) is 14.9. The van der Waals surface area contributed by atoms with Crippen LogP contribution in [0.15, 0.2) is 0 Å². The summed E-state index contributed by atoms with van der Waals surface area (Å²) in [7, 11) is 0. The Morgan fingerprint density at radius 2 is 2.00 bits per heavy atom. The van der Waals surface area contributed by atoms with E-state index in [4.69, 9.17) is 5.73 Å². The Morgan fingerprint density at radius 3 is 2.55 bits per heavy atom. The number of rotatable bonds is 1. The number of nitrogens with two attached hydrogens (primary N) is 1. The molecule has 2 heterocycles. The van der Waals surface area contributed by atoms with Crippen LogP contribution in [0.5, 0.6) is 0 Å². The van der Waals surface area contributed by atoms with Crippen LogP contribution in [-0.2, 0) is 9.59 Å². The summed E-state index contributed by atoms with van der Waals surface area (Å²) in [6.45, 7) is 0.879. The van der Waals surface area contributed by atoms with Crippen LogP contribution < -0.4 is 11.1 Å². The molecule has 2 rings (SSSR count). The summed E-state index contributed by atoms with van der Waals surface area (Å²) in [4.78, 5) is 25.4. The maximum absolute atomic E-state index is 12.5. The van der Waals surface area contributed by atoms with E-state index in [0.717, 1.165) is 12.8 Å². The van der Waals surface area contributed by atoms with Gasteiger partial charge in [0.1, 0.15) is 12.0 Å². The fraction of sp³-hybridized carbons (Fsp3) is 0.833. The van der Waals surface area contributed by atoms with Crippen LogP contribution >= 0.6 is 0 Å². The summed E-state index contributed by atoms with van der Waals surface area (Å²) in [5, 5.41) is 1.89. The summed E-state index contributed by atoms with van der Waals surface area (Å²) in [6.07, 6.45) is -3.22. The Labute approximate surface area is 114 Å². The van der Waals surface area contributed by atoms with Gasteiger partial charge in [-0.3, -0.25) is 9.59 Å². The molecule has 0 unspecified atom stereocenters. The Morgan fingerprint density at radius 1 is 1.30 bits per heavy atom. The molecule has 0 aromatic heterocycles. The van der Waals surface area contributed by atoms with Crippen LogP contribution in [-0.4, -0.2) is 48.1 Å². The van der Waals surface area contributed by atoms with E-state index in [1.807, 2.05) is 5.32 Å². The predicted molar refractivity (Wildman–Crippen MR) is 64.5 cm³/mol. The molecule has 2 saturated heterocycles. The molecule has 5 nitrogen and oxygen atoms in total. The van der Waals surface area contributed by atoms with Crippen LogP contribution in [0.2, 0.25) is 0 Å². The van der Waals surface area contributed by atoms with Crippen LogP contribution in [0, 0.1) is 5.92 Å². The minimum absolute atomic E-state index is 0.0689. The summed E-state index contributed by atoms with van der Waals surface area (Å²) < 4.78 is 37.6. The lowest BCUT2D eigenvalue weighted by Gasteiger charge is -2.36. The second-order valence-electron chi connectivity index (χ2n) is 5.42. The zero-order valence-electron chi connectivity index (χ0n) is 10.9. The largest absolute Gasteiger partial charge is 0.408 e. The summed E-state index contributed by atoms with van der Waals surface area (Å²) in [5.41, 5.74) is 5.76. The van der Waals surface area contributed by atoms with Crippen molar-refractivity contribution in [3.63, 3.8) is 0 Å². The van der Waals surface area contributed by atoms with Crippen LogP contribution in [0.3, 0.4) is 0 Å². The van der Waals surface area contributed by atoms with Gasteiger partial charge in [-0.15, -0.1) is 0 Å². The first-order valence-corrected chi connectivity index (χ1v) is 6.70. The normalized spacial score (nSPS) is 31.9. The minimum atomic E-state index is -4.46. The van der Waals surface area contributed by atoms with Gasteiger partial charge in [0.2, 0.25) is 11.8 Å². The van der Waals surface area contributed by atoms with E-state index in [0.29, 0.717) is 13.1 Å². The van der Waals surface area contributed by atoms with E-state index < -0.39 is 30.0 Å². The van der Waals surface area contributed by atoms with Crippen LogP contribution in [0.4, 0.5) is 13.2 Å². The third kappa shape index (κ3) is 3.23. The van der Waals surface area contributed by atoms with Crippen molar-refractivity contribution in [3.8, 4) is 0 Å². The van der Waals surface area contributed by atoms with Crippen molar-refractivity contribution in [1.82, 2.24) is 10.2 Å². The van der Waals surface area contributed by atoms with Crippen molar-refractivity contribution < 1.29 is 22.8 Å². The number of likely N-dealkylation sites (tertiary alicyclic amines) is 1. The van der Waals surface area contributed by atoms with Crippen molar-refractivity contribution in [2.45, 2.75) is 43.9 Å². The number of hydrogen-bond donors (Lipinski definition) is 2. The number of hydrogen-bond acceptors (Lipinski definition) is 3. The topological polar surface area (TPSA) is 75.4 Å². The van der Waals surface area contributed by atoms with Gasteiger partial charge in [0.05, 0.1) is 0 Å². The molecule has 20 heavy (non-hydrogen) atoms. The molecule has 0 aliphatic carbocycles. The molecule has 3 N–H and O–H groups in total. The van der Waals surface area contributed by atoms with Gasteiger partial charge >= 0.3 is 6.18 Å². The smallest absolute Gasteiger partial charge is 0.344 e. The average molecular weight is 293 g/mol. The van der Waals surface area contributed by atoms with Crippen LogP contribution in [0.1, 0.15) is 25.7 Å². The third-order valence-corrected chi connectivity index (χ3v) is 3.84. The van der Waals surface area contributed by atoms with E-state index in [9.17, 15) is 22.8 Å². The lowest BCUT2D eigenvalue weighted by molar-refractivity contribution is -0.172. The molecule has 0 radical (unpaired) electrons. The Hall–Kier alpha value is -1.31. The molecule has 0 saturated carbocycles. The second-order valence-corrected chi connectivity index (χ2v) is 5.42. The number of carbonyl (C=O) groups is 2. The molecule has 114 valence electrons. The van der Waals surface area contributed by atoms with Crippen molar-refractivity contribution in [2.24, 2.45) is 11.7 Å². The number of halogens is 3. The first-order valence-electron chi connectivity index (χ1n) is 6.70. The fourth-order valence-corrected chi connectivity index (χ4v) is 2.72. The number of nitrogens with one attached hydrogen (secondary N) is 1. The van der Waals surface area contributed by atoms with Crippen molar-refractivity contribution in [1.29, 1.82) is 0 Å². The molecule has 2 aliphatic rings. The summed E-state index contributed by atoms with van der Waals surface area (Å²) in [6, 6.07) is -1.97. The number of piperidine rings is 2. The highest BCUT2D eigenvalue weighted by Crippen LogP contribution is 2.29. The lowest BCUT2D eigenvalue weighted by atomic mass is 9.91. The Balaban J connectivity index is 1.97. The van der Waals surface area contributed by atoms with Crippen molar-refractivity contribution in [2.75, 3.05) is 13.1 Å². The standard InChI is InChI=1S/C12H18F3N3O2/c13-12(14,15)9-4-3-8(10(19)17-9)11(20)18-5-1-2-7(16)6-18/h7-9H,1-6,16H2,(H,17,19)/t7-,8-,9+/m1/s1. The highest BCUT2D eigenvalue weighted by molar-refractivity contribution is 6.01. The third-order valence-electron chi connectivity index (χ3n) is 3.84. The van der Waals surface area contributed by atoms with E-state index >= 15 is 0 Å². The molecule has 8 heteroatoms. The SMILES string of the molecule is N[C@@H]1CCCN(C(=O)[C@@H]2CC[C@@H](C(F)(F)F)NC2=O)C1. The number of nitrogens with zero attached hydrogens (tertiary/aromatic N) is 1. The van der Waals surface area contributed by atoms with Crippen molar-refractivity contribution in [3.05, 3.63) is 0 Å². The Kier molecular flexibility index (Phi) is 4.22. The van der Waals surface area contributed by atoms with Gasteiger partial charge in [0, 0.05) is 19.1 Å². The first-order chi connectivity index (χ1) is 9.29. The summed E-state index contributed by atoms with van der Waals surface area (Å²) >= 11 is 0. The summed E-state index contributed by atoms with van der Waals surface area (Å²) in [5.74, 6) is -2.25. The zero-order valence-corrected chi connectivity index (χ0v) is 10.9. The van der Waals surface area contributed by atoms with E-state index in [1.165, 1.54) is 4.90 Å². The van der Waals surface area contributed by atoms with E-state index in [2.05, 4.69) is 0 Å². The molecular formula is C12H18F3N3O2. The molecule has 0 aromatic carbocycles. The molecular weight excluding hydrogens is 275 g/mol. The van der Waals surface area contributed by atoms with Gasteiger partial charge in [0.15, 0.2) is 0 Å². The van der Waals surface area contributed by atoms with E-state index in [1.54, 1.807) is 0 Å². The van der Waals surface area contributed by atoms with Gasteiger partial charge in [-0.05, 0) is 25.7 Å². The van der Waals surface area contributed by atoms with Crippen LogP contribution in [0.25, 0.3) is 0 Å². The van der Waals surface area contributed by atoms with Gasteiger partial charge in [-0.2, -0.15) is 13.2 Å². The maximum atomic E-state index is 12.5. The van der Waals surface area contributed by atoms with Gasteiger partial charge in [0.25, 0.3) is 0 Å². The van der Waals surface area contributed by atoms with E-state index in [-0.39, 0.29) is 18.9 Å². The number of alkyl halides is 3.